The molecule has 1 aromatic rings. The summed E-state index contributed by atoms with van der Waals surface area (Å²) in [7, 11) is 0. The zero-order chi connectivity index (χ0) is 15.3. The Bertz CT molecular complexity index is 626. The fourth-order valence-electron chi connectivity index (χ4n) is 2.24. The topological polar surface area (TPSA) is 46.2 Å². The Morgan fingerprint density at radius 2 is 1.95 bits per heavy atom. The maximum absolute atomic E-state index is 12.0. The second-order valence-electron chi connectivity index (χ2n) is 5.40. The van der Waals surface area contributed by atoms with Crippen LogP contribution in [0, 0.1) is 0 Å². The van der Waals surface area contributed by atoms with E-state index in [1.165, 1.54) is 6.92 Å². The van der Waals surface area contributed by atoms with E-state index in [1.807, 2.05) is 43.4 Å². The first kappa shape index (κ1) is 15.0. The van der Waals surface area contributed by atoms with Crippen LogP contribution in [0.4, 0.5) is 0 Å². The first-order valence-electron chi connectivity index (χ1n) is 6.94. The predicted octanol–water partition coefficient (Wildman–Crippen LogP) is 3.21. The summed E-state index contributed by atoms with van der Waals surface area (Å²) in [4.78, 5) is 23.1. The van der Waals surface area contributed by atoms with Crippen LogP contribution in [-0.4, -0.2) is 17.2 Å². The molecule has 1 aliphatic rings. The SMILES string of the molecule is CC(=O)NC1(C)C=CC(C=CC(=O)c2ccccc2)=CC1. The number of ketones is 1. The highest BCUT2D eigenvalue weighted by Crippen LogP contribution is 2.21. The van der Waals surface area contributed by atoms with E-state index in [9.17, 15) is 9.59 Å². The van der Waals surface area contributed by atoms with E-state index < -0.39 is 0 Å². The third-order valence-electron chi connectivity index (χ3n) is 3.35. The molecule has 0 heterocycles. The molecule has 1 aliphatic carbocycles. The highest BCUT2D eigenvalue weighted by molar-refractivity contribution is 6.04. The summed E-state index contributed by atoms with van der Waals surface area (Å²) in [6.45, 7) is 3.48. The van der Waals surface area contributed by atoms with Crippen molar-refractivity contribution >= 4 is 11.7 Å². The van der Waals surface area contributed by atoms with Gasteiger partial charge in [-0.15, -0.1) is 0 Å². The van der Waals surface area contributed by atoms with Crippen molar-refractivity contribution < 1.29 is 9.59 Å². The number of allylic oxidation sites excluding steroid dienone is 4. The highest BCUT2D eigenvalue weighted by Gasteiger charge is 2.22. The minimum Gasteiger partial charge on any atom is -0.347 e. The average Bonchev–Trinajstić information content (AvgIpc) is 2.46. The van der Waals surface area contributed by atoms with Crippen LogP contribution in [0.3, 0.4) is 0 Å². The van der Waals surface area contributed by atoms with Gasteiger partial charge in [0.05, 0.1) is 5.54 Å². The van der Waals surface area contributed by atoms with E-state index >= 15 is 0 Å². The van der Waals surface area contributed by atoms with Crippen molar-refractivity contribution in [3.63, 3.8) is 0 Å². The quantitative estimate of drug-likeness (QED) is 0.680. The van der Waals surface area contributed by atoms with Crippen molar-refractivity contribution in [3.05, 3.63) is 71.8 Å². The number of hydrogen-bond acceptors (Lipinski definition) is 2. The smallest absolute Gasteiger partial charge is 0.217 e. The largest absolute Gasteiger partial charge is 0.347 e. The first-order chi connectivity index (χ1) is 9.98. The van der Waals surface area contributed by atoms with Crippen LogP contribution < -0.4 is 5.32 Å². The molecule has 1 amide bonds. The van der Waals surface area contributed by atoms with Crippen LogP contribution in [0.5, 0.6) is 0 Å². The Kier molecular flexibility index (Phi) is 4.53. The molecule has 108 valence electrons. The highest BCUT2D eigenvalue weighted by atomic mass is 16.1. The van der Waals surface area contributed by atoms with Crippen molar-refractivity contribution in [1.29, 1.82) is 0 Å². The lowest BCUT2D eigenvalue weighted by molar-refractivity contribution is -0.120. The molecule has 0 fully saturated rings. The average molecular weight is 281 g/mol. The molecule has 1 aromatic carbocycles. The van der Waals surface area contributed by atoms with E-state index in [2.05, 4.69) is 5.32 Å². The lowest BCUT2D eigenvalue weighted by Gasteiger charge is -2.28. The summed E-state index contributed by atoms with van der Waals surface area (Å²) in [6, 6.07) is 9.17. The summed E-state index contributed by atoms with van der Waals surface area (Å²) >= 11 is 0. The second-order valence-corrected chi connectivity index (χ2v) is 5.40. The van der Waals surface area contributed by atoms with Crippen molar-refractivity contribution in [3.8, 4) is 0 Å². The normalized spacial score (nSPS) is 21.1. The van der Waals surface area contributed by atoms with Gasteiger partial charge in [0.2, 0.25) is 5.91 Å². The van der Waals surface area contributed by atoms with Crippen molar-refractivity contribution in [2.75, 3.05) is 0 Å². The van der Waals surface area contributed by atoms with Crippen molar-refractivity contribution in [2.24, 2.45) is 0 Å². The molecule has 0 spiro atoms. The van der Waals surface area contributed by atoms with Crippen molar-refractivity contribution in [2.45, 2.75) is 25.8 Å². The van der Waals surface area contributed by atoms with Crippen LogP contribution in [0.2, 0.25) is 0 Å². The molecule has 1 unspecified atom stereocenters. The molecule has 3 nitrogen and oxygen atoms in total. The van der Waals surface area contributed by atoms with E-state index in [4.69, 9.17) is 0 Å². The maximum atomic E-state index is 12.0. The van der Waals surface area contributed by atoms with Crippen LogP contribution in [0.1, 0.15) is 30.6 Å². The molecule has 21 heavy (non-hydrogen) atoms. The van der Waals surface area contributed by atoms with Gasteiger partial charge in [0.1, 0.15) is 0 Å². The zero-order valence-electron chi connectivity index (χ0n) is 12.3. The van der Waals surface area contributed by atoms with Crippen LogP contribution in [0.15, 0.2) is 66.3 Å². The lowest BCUT2D eigenvalue weighted by Crippen LogP contribution is -2.43. The summed E-state index contributed by atoms with van der Waals surface area (Å²) < 4.78 is 0. The molecule has 0 saturated heterocycles. The molecule has 1 atom stereocenters. The van der Waals surface area contributed by atoms with Gasteiger partial charge in [0, 0.05) is 12.5 Å². The Morgan fingerprint density at radius 3 is 2.52 bits per heavy atom. The van der Waals surface area contributed by atoms with Gasteiger partial charge < -0.3 is 5.32 Å². The van der Waals surface area contributed by atoms with Crippen LogP contribution >= 0.6 is 0 Å². The van der Waals surface area contributed by atoms with Crippen LogP contribution in [-0.2, 0) is 4.79 Å². The van der Waals surface area contributed by atoms with Gasteiger partial charge in [0.25, 0.3) is 0 Å². The number of carbonyl (C=O) groups is 2. The Morgan fingerprint density at radius 1 is 1.24 bits per heavy atom. The summed E-state index contributed by atoms with van der Waals surface area (Å²) in [5.74, 6) is -0.0612. The molecule has 3 heteroatoms. The minimum atomic E-state index is -0.341. The molecule has 0 aromatic heterocycles. The molecule has 2 rings (SSSR count). The number of nitrogens with one attached hydrogen (secondary N) is 1. The van der Waals surface area contributed by atoms with Gasteiger partial charge in [-0.2, -0.15) is 0 Å². The number of hydrogen-bond donors (Lipinski definition) is 1. The Balaban J connectivity index is 2.00. The minimum absolute atomic E-state index is 0.0138. The van der Waals surface area contributed by atoms with Gasteiger partial charge in [-0.3, -0.25) is 9.59 Å². The molecular weight excluding hydrogens is 262 g/mol. The number of benzene rings is 1. The third kappa shape index (κ3) is 4.28. The van der Waals surface area contributed by atoms with Gasteiger partial charge in [0.15, 0.2) is 5.78 Å². The molecule has 0 aliphatic heterocycles. The number of rotatable bonds is 4. The van der Waals surface area contributed by atoms with E-state index in [-0.39, 0.29) is 17.2 Å². The number of carbonyl (C=O) groups excluding carboxylic acids is 2. The van der Waals surface area contributed by atoms with E-state index in [1.54, 1.807) is 24.3 Å². The summed E-state index contributed by atoms with van der Waals surface area (Å²) in [5, 5.41) is 2.91. The van der Waals surface area contributed by atoms with E-state index in [0.29, 0.717) is 12.0 Å². The predicted molar refractivity (Wildman–Crippen MR) is 84.0 cm³/mol. The molecule has 0 radical (unpaired) electrons. The summed E-state index contributed by atoms with van der Waals surface area (Å²) in [5.41, 5.74) is 1.31. The molecule has 1 N–H and O–H groups in total. The van der Waals surface area contributed by atoms with Crippen molar-refractivity contribution in [1.82, 2.24) is 5.32 Å². The maximum Gasteiger partial charge on any atom is 0.217 e. The third-order valence-corrected chi connectivity index (χ3v) is 3.35. The molecule has 0 bridgehead atoms. The van der Waals surface area contributed by atoms with Gasteiger partial charge >= 0.3 is 0 Å². The zero-order valence-corrected chi connectivity index (χ0v) is 12.3. The van der Waals surface area contributed by atoms with Gasteiger partial charge in [-0.05, 0) is 25.0 Å². The lowest BCUT2D eigenvalue weighted by atomic mass is 9.90. The monoisotopic (exact) mass is 281 g/mol. The fourth-order valence-corrected chi connectivity index (χ4v) is 2.24. The summed E-state index contributed by atoms with van der Waals surface area (Å²) in [6.07, 6.45) is 9.99. The molecular formula is C18H19NO2. The van der Waals surface area contributed by atoms with E-state index in [0.717, 1.165) is 5.57 Å². The van der Waals surface area contributed by atoms with Crippen LogP contribution in [0.25, 0.3) is 0 Å². The molecule has 0 saturated carbocycles. The number of amides is 1. The second kappa shape index (κ2) is 6.35. The standard InChI is InChI=1S/C18H19NO2/c1-14(20)19-18(2)12-10-15(11-13-18)8-9-17(21)16-6-4-3-5-7-16/h3-12H,13H2,1-2H3,(H,19,20). The Labute approximate surface area is 125 Å². The first-order valence-corrected chi connectivity index (χ1v) is 6.94. The Hall–Kier alpha value is -2.42. The fraction of sp³-hybridized carbons (Fsp3) is 0.222. The van der Waals surface area contributed by atoms with Gasteiger partial charge in [-0.25, -0.2) is 0 Å². The van der Waals surface area contributed by atoms with Gasteiger partial charge in [-0.1, -0.05) is 54.6 Å².